The fourth-order valence-electron chi connectivity index (χ4n) is 5.09. The first-order valence-electron chi connectivity index (χ1n) is 11.7. The lowest BCUT2D eigenvalue weighted by molar-refractivity contribution is -0.132. The van der Waals surface area contributed by atoms with Crippen LogP contribution in [0.4, 0.5) is 10.6 Å². The summed E-state index contributed by atoms with van der Waals surface area (Å²) in [5.41, 5.74) is 12.8. The van der Waals surface area contributed by atoms with Gasteiger partial charge in [-0.2, -0.15) is 4.98 Å². The third-order valence-corrected chi connectivity index (χ3v) is 7.19. The molecule has 1 aliphatic carbocycles. The highest BCUT2D eigenvalue weighted by Gasteiger charge is 2.55. The van der Waals surface area contributed by atoms with Gasteiger partial charge in [0.15, 0.2) is 0 Å². The molecular weight excluding hydrogens is 436 g/mol. The molecule has 34 heavy (non-hydrogen) atoms. The number of carbonyl (C=O) groups is 2. The Labute approximate surface area is 197 Å². The third kappa shape index (κ3) is 4.29. The molecule has 2 aliphatic heterocycles. The van der Waals surface area contributed by atoms with Gasteiger partial charge in [-0.15, -0.1) is 0 Å². The number of piperazine rings is 1. The van der Waals surface area contributed by atoms with Crippen molar-refractivity contribution < 1.29 is 9.59 Å². The minimum atomic E-state index is -0.750. The molecule has 3 unspecified atom stereocenters. The summed E-state index contributed by atoms with van der Waals surface area (Å²) in [5.74, 6) is 1.71. The first-order chi connectivity index (χ1) is 16.5. The molecule has 3 heterocycles. The first-order valence-corrected chi connectivity index (χ1v) is 11.7. The van der Waals surface area contributed by atoms with Crippen molar-refractivity contribution in [2.24, 2.45) is 29.2 Å². The highest BCUT2D eigenvalue weighted by Crippen LogP contribution is 2.51. The van der Waals surface area contributed by atoms with Crippen LogP contribution in [-0.2, 0) is 4.79 Å². The van der Waals surface area contributed by atoms with Gasteiger partial charge in [-0.05, 0) is 48.1 Å². The van der Waals surface area contributed by atoms with Gasteiger partial charge in [-0.25, -0.2) is 9.59 Å². The van der Waals surface area contributed by atoms with E-state index in [-0.39, 0.29) is 17.8 Å². The summed E-state index contributed by atoms with van der Waals surface area (Å²) in [4.78, 5) is 45.2. The number of aromatic nitrogens is 2. The third-order valence-electron chi connectivity index (χ3n) is 7.19. The van der Waals surface area contributed by atoms with Crippen LogP contribution >= 0.6 is 0 Å². The summed E-state index contributed by atoms with van der Waals surface area (Å²) in [6.45, 7) is 4.83. The number of benzene rings is 1. The Kier molecular flexibility index (Phi) is 6.07. The molecule has 0 radical (unpaired) electrons. The summed E-state index contributed by atoms with van der Waals surface area (Å²) >= 11 is 0. The zero-order valence-corrected chi connectivity index (χ0v) is 18.9. The van der Waals surface area contributed by atoms with E-state index in [9.17, 15) is 14.4 Å². The minimum Gasteiger partial charge on any atom is -0.340 e. The number of carbonyl (C=O) groups excluding carboxylic acids is 2. The Hall–Kier alpha value is -3.28. The van der Waals surface area contributed by atoms with Gasteiger partial charge < -0.3 is 26.6 Å². The van der Waals surface area contributed by atoms with Crippen LogP contribution in [0.2, 0.25) is 0 Å². The smallest absolute Gasteiger partial charge is 0.340 e. The quantitative estimate of drug-likeness (QED) is 0.456. The van der Waals surface area contributed by atoms with Gasteiger partial charge in [0.25, 0.3) is 0 Å². The molecule has 0 spiro atoms. The van der Waals surface area contributed by atoms with Crippen molar-refractivity contribution in [2.75, 3.05) is 51.1 Å². The number of likely N-dealkylation sites (tertiary alicyclic amines) is 1. The summed E-state index contributed by atoms with van der Waals surface area (Å²) in [6.07, 6.45) is 1.56. The molecule has 1 aromatic carbocycles. The number of piperidine rings is 1. The fraction of sp³-hybridized carbons (Fsp3) is 0.478. The summed E-state index contributed by atoms with van der Waals surface area (Å²) in [5, 5.41) is 5.86. The van der Waals surface area contributed by atoms with Crippen molar-refractivity contribution in [2.45, 2.75) is 6.04 Å². The summed E-state index contributed by atoms with van der Waals surface area (Å²) in [7, 11) is 0. The molecular formula is C23H30N8O3. The van der Waals surface area contributed by atoms with E-state index < -0.39 is 11.7 Å². The van der Waals surface area contributed by atoms with Crippen molar-refractivity contribution in [1.29, 1.82) is 0 Å². The Morgan fingerprint density at radius 3 is 2.38 bits per heavy atom. The number of anilines is 1. The standard InChI is InChI=1S/C23H30N8O3/c24-11-16-17-12-30(13-18(16)17)21(32)20(25)14-1-3-15(4-2-14)31-8-5-19(28-23(31)34)27-22(33)29-9-6-26-7-10-29/h1-5,8,16-18,20,26H,6-7,9-13,24-25H2,(H,27,28,33,34). The lowest BCUT2D eigenvalue weighted by atomic mass is 10.1. The van der Waals surface area contributed by atoms with E-state index in [1.807, 2.05) is 4.90 Å². The molecule has 3 fully saturated rings. The molecule has 11 nitrogen and oxygen atoms in total. The number of fused-ring (bicyclic) bond motifs is 1. The number of hydrogen-bond acceptors (Lipinski definition) is 7. The van der Waals surface area contributed by atoms with E-state index in [2.05, 4.69) is 15.6 Å². The number of nitrogens with one attached hydrogen (secondary N) is 2. The van der Waals surface area contributed by atoms with Crippen LogP contribution in [0.3, 0.4) is 0 Å². The SMILES string of the molecule is NCC1C2CN(C(=O)C(N)c3ccc(-n4ccc(NC(=O)N5CCNCC5)nc4=O)cc3)CC12. The zero-order chi connectivity index (χ0) is 23.8. The Morgan fingerprint density at radius 2 is 1.76 bits per heavy atom. The van der Waals surface area contributed by atoms with Gasteiger partial charge in [0, 0.05) is 45.5 Å². The van der Waals surface area contributed by atoms with Crippen molar-refractivity contribution in [1.82, 2.24) is 24.7 Å². The van der Waals surface area contributed by atoms with Crippen LogP contribution in [0.1, 0.15) is 11.6 Å². The molecule has 5 rings (SSSR count). The van der Waals surface area contributed by atoms with E-state index in [1.165, 1.54) is 4.57 Å². The van der Waals surface area contributed by atoms with Crippen LogP contribution in [0.5, 0.6) is 0 Å². The normalized spacial score (nSPS) is 24.5. The average molecular weight is 467 g/mol. The van der Waals surface area contributed by atoms with Gasteiger partial charge in [0.2, 0.25) is 5.91 Å². The lowest BCUT2D eigenvalue weighted by Crippen LogP contribution is -2.48. The molecule has 3 aliphatic rings. The van der Waals surface area contributed by atoms with E-state index >= 15 is 0 Å². The number of urea groups is 1. The molecule has 0 bridgehead atoms. The van der Waals surface area contributed by atoms with Crippen LogP contribution in [-0.4, -0.2) is 77.1 Å². The van der Waals surface area contributed by atoms with Crippen LogP contribution in [0.15, 0.2) is 41.3 Å². The molecule has 3 amide bonds. The van der Waals surface area contributed by atoms with Gasteiger partial charge >= 0.3 is 11.7 Å². The molecule has 2 aromatic rings. The predicted octanol–water partition coefficient (Wildman–Crippen LogP) is -0.667. The van der Waals surface area contributed by atoms with Gasteiger partial charge in [-0.3, -0.25) is 14.7 Å². The van der Waals surface area contributed by atoms with Crippen molar-refractivity contribution in [3.05, 3.63) is 52.6 Å². The highest BCUT2D eigenvalue weighted by molar-refractivity contribution is 5.88. The van der Waals surface area contributed by atoms with Crippen LogP contribution in [0.25, 0.3) is 5.69 Å². The van der Waals surface area contributed by atoms with Gasteiger partial charge in [-0.1, -0.05) is 12.1 Å². The molecule has 3 atom stereocenters. The molecule has 1 aromatic heterocycles. The molecule has 11 heteroatoms. The maximum absolute atomic E-state index is 12.8. The van der Waals surface area contributed by atoms with E-state index in [1.54, 1.807) is 41.4 Å². The second kappa shape index (κ2) is 9.16. The predicted molar refractivity (Wildman–Crippen MR) is 126 cm³/mol. The van der Waals surface area contributed by atoms with E-state index in [0.717, 1.165) is 26.2 Å². The highest BCUT2D eigenvalue weighted by atomic mass is 16.2. The monoisotopic (exact) mass is 466 g/mol. The minimum absolute atomic E-state index is 0.0841. The van der Waals surface area contributed by atoms with E-state index in [0.29, 0.717) is 48.6 Å². The van der Waals surface area contributed by atoms with Crippen molar-refractivity contribution >= 4 is 17.8 Å². The summed E-state index contributed by atoms with van der Waals surface area (Å²) in [6, 6.07) is 7.53. The zero-order valence-electron chi connectivity index (χ0n) is 18.9. The van der Waals surface area contributed by atoms with Gasteiger partial charge in [0.1, 0.15) is 11.9 Å². The Morgan fingerprint density at radius 1 is 1.09 bits per heavy atom. The maximum atomic E-state index is 12.8. The first kappa shape index (κ1) is 22.5. The van der Waals surface area contributed by atoms with E-state index in [4.69, 9.17) is 11.5 Å². The van der Waals surface area contributed by atoms with Crippen LogP contribution in [0, 0.1) is 17.8 Å². The summed E-state index contributed by atoms with van der Waals surface area (Å²) < 4.78 is 1.37. The van der Waals surface area contributed by atoms with Crippen molar-refractivity contribution in [3.8, 4) is 5.69 Å². The topological polar surface area (TPSA) is 152 Å². The molecule has 6 N–H and O–H groups in total. The average Bonchev–Trinajstić information content (AvgIpc) is 3.34. The van der Waals surface area contributed by atoms with Crippen molar-refractivity contribution in [3.63, 3.8) is 0 Å². The lowest BCUT2D eigenvalue weighted by Gasteiger charge is -2.27. The number of nitrogens with two attached hydrogens (primary N) is 2. The second-order valence-electron chi connectivity index (χ2n) is 9.17. The Balaban J connectivity index is 1.22. The second-order valence-corrected chi connectivity index (χ2v) is 9.17. The number of rotatable bonds is 5. The Bertz CT molecular complexity index is 1120. The molecule has 180 valence electrons. The molecule has 2 saturated heterocycles. The number of amides is 3. The number of nitrogens with zero attached hydrogens (tertiary/aromatic N) is 4. The number of hydrogen-bond donors (Lipinski definition) is 4. The maximum Gasteiger partial charge on any atom is 0.354 e. The fourth-order valence-corrected chi connectivity index (χ4v) is 5.09. The van der Waals surface area contributed by atoms with Gasteiger partial charge in [0.05, 0.1) is 5.69 Å². The largest absolute Gasteiger partial charge is 0.354 e. The molecule has 1 saturated carbocycles. The van der Waals surface area contributed by atoms with Crippen LogP contribution < -0.4 is 27.8 Å².